The van der Waals surface area contributed by atoms with Gasteiger partial charge in [0, 0.05) is 35.7 Å². The Kier molecular flexibility index (Phi) is 5.23. The minimum absolute atomic E-state index is 0.242. The van der Waals surface area contributed by atoms with Crippen LogP contribution in [-0.4, -0.2) is 37.5 Å². The lowest BCUT2D eigenvalue weighted by molar-refractivity contribution is -0.110. The van der Waals surface area contributed by atoms with Crippen LogP contribution in [0.2, 0.25) is 0 Å². The predicted octanol–water partition coefficient (Wildman–Crippen LogP) is 3.59. The number of likely N-dealkylation sites (N-methyl/N-ethyl adjacent to an activating group) is 1. The Labute approximate surface area is 152 Å². The summed E-state index contributed by atoms with van der Waals surface area (Å²) in [4.78, 5) is 14.2. The van der Waals surface area contributed by atoms with Gasteiger partial charge < -0.3 is 20.9 Å². The molecule has 136 valence electrons. The molecule has 0 aromatic heterocycles. The van der Waals surface area contributed by atoms with Gasteiger partial charge in [0.15, 0.2) is 0 Å². The Balaban J connectivity index is 1.67. The highest BCUT2D eigenvalue weighted by atomic mass is 19.1. The molecule has 1 aliphatic rings. The fourth-order valence-corrected chi connectivity index (χ4v) is 3.01. The van der Waals surface area contributed by atoms with E-state index in [1.54, 1.807) is 12.3 Å². The van der Waals surface area contributed by atoms with E-state index in [2.05, 4.69) is 27.8 Å². The van der Waals surface area contributed by atoms with E-state index in [0.717, 1.165) is 17.9 Å². The zero-order valence-electron chi connectivity index (χ0n) is 15.1. The normalized spacial score (nSPS) is 15.7. The van der Waals surface area contributed by atoms with E-state index in [1.165, 1.54) is 12.1 Å². The van der Waals surface area contributed by atoms with Gasteiger partial charge in [-0.3, -0.25) is 4.79 Å². The SMILES string of the molecule is CC(CN(C)C)Nc1ccc(N/C=C2/C(=O)Nc3cc(F)ccc32)cc1. The van der Waals surface area contributed by atoms with Crippen LogP contribution in [0.5, 0.6) is 0 Å². The van der Waals surface area contributed by atoms with Gasteiger partial charge in [0.2, 0.25) is 0 Å². The molecule has 6 heteroatoms. The lowest BCUT2D eigenvalue weighted by atomic mass is 10.1. The van der Waals surface area contributed by atoms with Crippen molar-refractivity contribution in [3.05, 3.63) is 60.0 Å². The third-order valence-corrected chi connectivity index (χ3v) is 4.08. The second-order valence-electron chi connectivity index (χ2n) is 6.73. The van der Waals surface area contributed by atoms with Crippen LogP contribution in [0, 0.1) is 5.82 Å². The van der Waals surface area contributed by atoms with E-state index in [1.807, 2.05) is 38.4 Å². The minimum Gasteiger partial charge on any atom is -0.381 e. The average Bonchev–Trinajstić information content (AvgIpc) is 2.87. The molecule has 1 aliphatic heterocycles. The highest BCUT2D eigenvalue weighted by molar-refractivity contribution is 6.31. The molecule has 0 spiro atoms. The smallest absolute Gasteiger partial charge is 0.257 e. The molecule has 2 aromatic carbocycles. The molecule has 0 saturated carbocycles. The van der Waals surface area contributed by atoms with Crippen LogP contribution in [0.1, 0.15) is 12.5 Å². The van der Waals surface area contributed by atoms with Crippen molar-refractivity contribution in [2.45, 2.75) is 13.0 Å². The number of hydrogen-bond donors (Lipinski definition) is 3. The Bertz CT molecular complexity index is 830. The number of nitrogens with one attached hydrogen (secondary N) is 3. The summed E-state index contributed by atoms with van der Waals surface area (Å²) in [5, 5.41) is 9.24. The summed E-state index contributed by atoms with van der Waals surface area (Å²) in [7, 11) is 4.09. The van der Waals surface area contributed by atoms with Crippen LogP contribution >= 0.6 is 0 Å². The maximum Gasteiger partial charge on any atom is 0.257 e. The number of benzene rings is 2. The molecule has 0 saturated heterocycles. The van der Waals surface area contributed by atoms with Crippen LogP contribution in [0.25, 0.3) is 5.57 Å². The summed E-state index contributed by atoms with van der Waals surface area (Å²) in [6, 6.07) is 12.5. The van der Waals surface area contributed by atoms with E-state index in [4.69, 9.17) is 0 Å². The zero-order chi connectivity index (χ0) is 18.7. The molecule has 0 aliphatic carbocycles. The largest absolute Gasteiger partial charge is 0.381 e. The quantitative estimate of drug-likeness (QED) is 0.694. The number of nitrogens with zero attached hydrogens (tertiary/aromatic N) is 1. The summed E-state index contributed by atoms with van der Waals surface area (Å²) >= 11 is 0. The average molecular weight is 354 g/mol. The van der Waals surface area contributed by atoms with Crippen molar-refractivity contribution < 1.29 is 9.18 Å². The van der Waals surface area contributed by atoms with E-state index in [0.29, 0.717) is 22.9 Å². The van der Waals surface area contributed by atoms with Crippen LogP contribution in [0.4, 0.5) is 21.5 Å². The fraction of sp³-hybridized carbons (Fsp3) is 0.250. The van der Waals surface area contributed by atoms with Crippen molar-refractivity contribution in [1.82, 2.24) is 4.90 Å². The fourth-order valence-electron chi connectivity index (χ4n) is 3.01. The predicted molar refractivity (Wildman–Crippen MR) is 105 cm³/mol. The highest BCUT2D eigenvalue weighted by Crippen LogP contribution is 2.32. The van der Waals surface area contributed by atoms with Crippen LogP contribution in [-0.2, 0) is 4.79 Å². The number of hydrogen-bond acceptors (Lipinski definition) is 4. The topological polar surface area (TPSA) is 56.4 Å². The highest BCUT2D eigenvalue weighted by Gasteiger charge is 2.24. The van der Waals surface area contributed by atoms with Crippen molar-refractivity contribution >= 4 is 28.5 Å². The summed E-state index contributed by atoms with van der Waals surface area (Å²) in [5.74, 6) is -0.612. The van der Waals surface area contributed by atoms with Crippen LogP contribution in [0.15, 0.2) is 48.7 Å². The first-order valence-electron chi connectivity index (χ1n) is 8.51. The molecule has 1 atom stereocenters. The molecular weight excluding hydrogens is 331 g/mol. The van der Waals surface area contributed by atoms with Crippen molar-refractivity contribution in [3.8, 4) is 0 Å². The van der Waals surface area contributed by atoms with E-state index < -0.39 is 0 Å². The second-order valence-corrected chi connectivity index (χ2v) is 6.73. The number of carbonyl (C=O) groups excluding carboxylic acids is 1. The molecule has 1 heterocycles. The van der Waals surface area contributed by atoms with Crippen LogP contribution < -0.4 is 16.0 Å². The van der Waals surface area contributed by atoms with E-state index >= 15 is 0 Å². The number of anilines is 3. The number of amides is 1. The number of halogens is 1. The lowest BCUT2D eigenvalue weighted by Gasteiger charge is -2.19. The van der Waals surface area contributed by atoms with Crippen LogP contribution in [0.3, 0.4) is 0 Å². The van der Waals surface area contributed by atoms with Gasteiger partial charge in [-0.05, 0) is 63.5 Å². The van der Waals surface area contributed by atoms with Crippen molar-refractivity contribution in [3.63, 3.8) is 0 Å². The van der Waals surface area contributed by atoms with Gasteiger partial charge in [-0.2, -0.15) is 0 Å². The minimum atomic E-state index is -0.371. The molecule has 5 nitrogen and oxygen atoms in total. The third kappa shape index (κ3) is 4.21. The van der Waals surface area contributed by atoms with Crippen molar-refractivity contribution in [2.75, 3.05) is 36.6 Å². The van der Waals surface area contributed by atoms with Gasteiger partial charge in [-0.15, -0.1) is 0 Å². The molecule has 3 N–H and O–H groups in total. The Morgan fingerprint density at radius 1 is 1.15 bits per heavy atom. The first-order chi connectivity index (χ1) is 12.4. The van der Waals surface area contributed by atoms with Crippen molar-refractivity contribution in [2.24, 2.45) is 0 Å². The number of carbonyl (C=O) groups is 1. The summed E-state index contributed by atoms with van der Waals surface area (Å²) in [5.41, 5.74) is 3.59. The molecular formula is C20H23FN4O. The third-order valence-electron chi connectivity index (χ3n) is 4.08. The summed E-state index contributed by atoms with van der Waals surface area (Å²) < 4.78 is 13.3. The Morgan fingerprint density at radius 2 is 1.85 bits per heavy atom. The molecule has 0 fully saturated rings. The first-order valence-corrected chi connectivity index (χ1v) is 8.51. The van der Waals surface area contributed by atoms with Gasteiger partial charge in [0.05, 0.1) is 11.3 Å². The van der Waals surface area contributed by atoms with Gasteiger partial charge in [-0.1, -0.05) is 0 Å². The molecule has 26 heavy (non-hydrogen) atoms. The number of rotatable bonds is 6. The maximum atomic E-state index is 13.3. The van der Waals surface area contributed by atoms with E-state index in [-0.39, 0.29) is 11.7 Å². The van der Waals surface area contributed by atoms with Gasteiger partial charge in [0.1, 0.15) is 5.82 Å². The molecule has 1 amide bonds. The molecule has 1 unspecified atom stereocenters. The van der Waals surface area contributed by atoms with Crippen molar-refractivity contribution in [1.29, 1.82) is 0 Å². The second kappa shape index (κ2) is 7.58. The Hall–Kier alpha value is -2.86. The van der Waals surface area contributed by atoms with E-state index in [9.17, 15) is 9.18 Å². The number of fused-ring (bicyclic) bond motifs is 1. The Morgan fingerprint density at radius 3 is 2.54 bits per heavy atom. The molecule has 3 rings (SSSR count). The molecule has 2 aromatic rings. The monoisotopic (exact) mass is 354 g/mol. The standard InChI is InChI=1S/C20H23FN4O/c1-13(12-25(2)3)23-16-7-5-15(6-8-16)22-11-18-17-9-4-14(21)10-19(17)24-20(18)26/h4-11,13,22-23H,12H2,1-3H3,(H,24,26)/b18-11+. The molecule has 0 radical (unpaired) electrons. The zero-order valence-corrected chi connectivity index (χ0v) is 15.1. The van der Waals surface area contributed by atoms with Gasteiger partial charge in [0.25, 0.3) is 5.91 Å². The lowest BCUT2D eigenvalue weighted by Crippen LogP contribution is -2.29. The maximum absolute atomic E-state index is 13.3. The van der Waals surface area contributed by atoms with Gasteiger partial charge >= 0.3 is 0 Å². The first kappa shape index (κ1) is 17.9. The summed E-state index contributed by atoms with van der Waals surface area (Å²) in [6.07, 6.45) is 1.65. The molecule has 0 bridgehead atoms. The summed E-state index contributed by atoms with van der Waals surface area (Å²) in [6.45, 7) is 3.08. The van der Waals surface area contributed by atoms with Gasteiger partial charge in [-0.25, -0.2) is 4.39 Å².